The molecular weight excluding hydrogens is 356 g/mol. The van der Waals surface area contributed by atoms with Gasteiger partial charge in [-0.15, -0.1) is 0 Å². The van der Waals surface area contributed by atoms with Crippen LogP contribution in [0.25, 0.3) is 11.3 Å². The lowest BCUT2D eigenvalue weighted by Gasteiger charge is -2.13. The Kier molecular flexibility index (Phi) is 4.61. The highest BCUT2D eigenvalue weighted by atomic mass is 19.1. The van der Waals surface area contributed by atoms with E-state index in [2.05, 4.69) is 0 Å². The van der Waals surface area contributed by atoms with Gasteiger partial charge in [0.2, 0.25) is 5.91 Å². The van der Waals surface area contributed by atoms with E-state index in [9.17, 15) is 23.2 Å². The molecule has 0 radical (unpaired) electrons. The number of carbonyl (C=O) groups is 3. The quantitative estimate of drug-likeness (QED) is 0.470. The van der Waals surface area contributed by atoms with Crippen LogP contribution in [-0.4, -0.2) is 24.7 Å². The predicted molar refractivity (Wildman–Crippen MR) is 94.8 cm³/mol. The molecule has 0 fully saturated rings. The van der Waals surface area contributed by atoms with E-state index in [0.717, 1.165) is 17.0 Å². The van der Waals surface area contributed by atoms with Crippen LogP contribution >= 0.6 is 0 Å². The maximum absolute atomic E-state index is 14.3. The second-order valence-electron chi connectivity index (χ2n) is 5.95. The molecule has 138 valence electrons. The lowest BCUT2D eigenvalue weighted by Crippen LogP contribution is -2.31. The van der Waals surface area contributed by atoms with Crippen molar-refractivity contribution >= 4 is 34.6 Å². The Morgan fingerprint density at radius 3 is 2.19 bits per heavy atom. The molecule has 0 aromatic heterocycles. The molecule has 1 aliphatic heterocycles. The van der Waals surface area contributed by atoms with E-state index in [4.69, 9.17) is 4.74 Å². The van der Waals surface area contributed by atoms with E-state index >= 15 is 0 Å². The normalized spacial score (nSPS) is 14.9. The van der Waals surface area contributed by atoms with Gasteiger partial charge in [0.15, 0.2) is 5.78 Å². The molecule has 0 spiro atoms. The molecule has 0 bridgehead atoms. The molecule has 0 N–H and O–H groups in total. The maximum atomic E-state index is 14.3. The fourth-order valence-electron chi connectivity index (χ4n) is 3.06. The average Bonchev–Trinajstić information content (AvgIpc) is 2.89. The molecule has 1 heterocycles. The summed E-state index contributed by atoms with van der Waals surface area (Å²) in [4.78, 5) is 37.5. The fourth-order valence-corrected chi connectivity index (χ4v) is 3.06. The summed E-state index contributed by atoms with van der Waals surface area (Å²) in [6.07, 6.45) is 0. The molecule has 7 heteroatoms. The first kappa shape index (κ1) is 18.4. The first-order valence-corrected chi connectivity index (χ1v) is 8.01. The molecule has 5 nitrogen and oxygen atoms in total. The van der Waals surface area contributed by atoms with Gasteiger partial charge in [-0.2, -0.15) is 0 Å². The number of nitrogens with zero attached hydrogens (tertiary/aromatic N) is 1. The Hall–Kier alpha value is -3.35. The van der Waals surface area contributed by atoms with Gasteiger partial charge in [0.05, 0.1) is 23.9 Å². The molecule has 1 aliphatic rings. The zero-order valence-electron chi connectivity index (χ0n) is 14.8. The summed E-state index contributed by atoms with van der Waals surface area (Å²) >= 11 is 0. The Balaban J connectivity index is 2.40. The van der Waals surface area contributed by atoms with E-state index in [0.29, 0.717) is 0 Å². The number of hydrogen-bond donors (Lipinski definition) is 0. The Labute approximate surface area is 153 Å². The fraction of sp³-hybridized carbons (Fsp3) is 0.150. The van der Waals surface area contributed by atoms with Crippen molar-refractivity contribution in [2.45, 2.75) is 13.8 Å². The second-order valence-corrected chi connectivity index (χ2v) is 5.95. The number of ketones is 1. The predicted octanol–water partition coefficient (Wildman–Crippen LogP) is 3.58. The van der Waals surface area contributed by atoms with Crippen molar-refractivity contribution in [3.05, 3.63) is 64.7 Å². The molecule has 2 amide bonds. The lowest BCUT2D eigenvalue weighted by molar-refractivity contribution is -0.122. The maximum Gasteiger partial charge on any atom is 0.269 e. The van der Waals surface area contributed by atoms with Crippen LogP contribution in [0.15, 0.2) is 36.4 Å². The van der Waals surface area contributed by atoms with Crippen molar-refractivity contribution in [1.82, 2.24) is 0 Å². The summed E-state index contributed by atoms with van der Waals surface area (Å²) in [5.41, 5.74) is -0.00200. The molecule has 3 rings (SSSR count). The van der Waals surface area contributed by atoms with Crippen LogP contribution in [-0.2, 0) is 14.3 Å². The van der Waals surface area contributed by atoms with Crippen LogP contribution in [0.3, 0.4) is 0 Å². The average molecular weight is 371 g/mol. The highest BCUT2D eigenvalue weighted by Crippen LogP contribution is 2.42. The van der Waals surface area contributed by atoms with Crippen molar-refractivity contribution in [3.8, 4) is 0 Å². The third-order valence-corrected chi connectivity index (χ3v) is 4.27. The molecule has 2 aromatic carbocycles. The summed E-state index contributed by atoms with van der Waals surface area (Å²) in [5.74, 6) is -3.80. The first-order chi connectivity index (χ1) is 12.8. The van der Waals surface area contributed by atoms with E-state index < -0.39 is 29.0 Å². The number of benzene rings is 2. The number of amides is 2. The van der Waals surface area contributed by atoms with Crippen LogP contribution in [0.2, 0.25) is 0 Å². The van der Waals surface area contributed by atoms with Gasteiger partial charge in [0.1, 0.15) is 17.4 Å². The molecule has 0 saturated heterocycles. The largest absolute Gasteiger partial charge is 0.495 e. The van der Waals surface area contributed by atoms with Gasteiger partial charge in [0, 0.05) is 18.1 Å². The third kappa shape index (κ3) is 2.91. The first-order valence-electron chi connectivity index (χ1n) is 8.01. The standard InChI is InChI=1S/C20H15F2NO4/c1-10(24)12-7-8-16-13(9-12)17(20(26)23(16)11(2)25)19(27-3)18-14(21)5-4-6-15(18)22/h4-9H,1-3H3. The minimum absolute atomic E-state index is 0.185. The number of carbonyl (C=O) groups excluding carboxylic acids is 3. The van der Waals surface area contributed by atoms with Crippen LogP contribution in [0.1, 0.15) is 35.3 Å². The van der Waals surface area contributed by atoms with E-state index in [1.54, 1.807) is 0 Å². The van der Waals surface area contributed by atoms with E-state index in [-0.39, 0.29) is 33.9 Å². The van der Waals surface area contributed by atoms with E-state index in [1.165, 1.54) is 45.2 Å². The SMILES string of the molecule is COC(=C1C(=O)N(C(C)=O)c2ccc(C(C)=O)cc21)c1c(F)cccc1F. The van der Waals surface area contributed by atoms with E-state index in [1.807, 2.05) is 0 Å². The van der Waals surface area contributed by atoms with Crippen molar-refractivity contribution in [2.75, 3.05) is 12.0 Å². The zero-order valence-corrected chi connectivity index (χ0v) is 14.8. The smallest absolute Gasteiger partial charge is 0.269 e. The number of Topliss-reactive ketones (excluding diaryl/α,β-unsaturated/α-hetero) is 1. The summed E-state index contributed by atoms with van der Waals surface area (Å²) in [6.45, 7) is 2.54. The summed E-state index contributed by atoms with van der Waals surface area (Å²) < 4.78 is 33.8. The molecule has 0 aliphatic carbocycles. The Bertz CT molecular complexity index is 1010. The number of imide groups is 1. The minimum atomic E-state index is -0.919. The van der Waals surface area contributed by atoms with Crippen LogP contribution in [0.5, 0.6) is 0 Å². The van der Waals surface area contributed by atoms with Crippen LogP contribution in [0, 0.1) is 11.6 Å². The van der Waals surface area contributed by atoms with Gasteiger partial charge in [0.25, 0.3) is 5.91 Å². The molecule has 0 atom stereocenters. The zero-order chi connectivity index (χ0) is 19.9. The van der Waals surface area contributed by atoms with Gasteiger partial charge >= 0.3 is 0 Å². The highest BCUT2D eigenvalue weighted by molar-refractivity contribution is 6.43. The lowest BCUT2D eigenvalue weighted by atomic mass is 9.98. The Morgan fingerprint density at radius 2 is 1.67 bits per heavy atom. The number of methoxy groups -OCH3 is 1. The monoisotopic (exact) mass is 371 g/mol. The van der Waals surface area contributed by atoms with Crippen molar-refractivity contribution in [1.29, 1.82) is 0 Å². The molecule has 0 unspecified atom stereocenters. The van der Waals surface area contributed by atoms with Crippen molar-refractivity contribution < 1.29 is 27.9 Å². The summed E-state index contributed by atoms with van der Waals surface area (Å²) in [7, 11) is 1.17. The van der Waals surface area contributed by atoms with Crippen molar-refractivity contribution in [2.24, 2.45) is 0 Å². The number of ether oxygens (including phenoxy) is 1. The second kappa shape index (κ2) is 6.75. The Morgan fingerprint density at radius 1 is 1.04 bits per heavy atom. The van der Waals surface area contributed by atoms with Gasteiger partial charge in [-0.1, -0.05) is 6.07 Å². The summed E-state index contributed by atoms with van der Waals surface area (Å²) in [6, 6.07) is 7.59. The van der Waals surface area contributed by atoms with Crippen LogP contribution < -0.4 is 4.90 Å². The number of anilines is 1. The summed E-state index contributed by atoms with van der Waals surface area (Å²) in [5, 5.41) is 0. The number of fused-ring (bicyclic) bond motifs is 1. The molecule has 27 heavy (non-hydrogen) atoms. The van der Waals surface area contributed by atoms with Gasteiger partial charge in [-0.25, -0.2) is 13.7 Å². The highest BCUT2D eigenvalue weighted by Gasteiger charge is 2.39. The number of rotatable bonds is 3. The third-order valence-electron chi connectivity index (χ3n) is 4.27. The van der Waals surface area contributed by atoms with Crippen molar-refractivity contribution in [3.63, 3.8) is 0 Å². The minimum Gasteiger partial charge on any atom is -0.495 e. The topological polar surface area (TPSA) is 63.7 Å². The molecule has 0 saturated carbocycles. The molecular formula is C20H15F2NO4. The van der Waals surface area contributed by atoms with Gasteiger partial charge in [-0.3, -0.25) is 14.4 Å². The number of halogens is 2. The number of hydrogen-bond acceptors (Lipinski definition) is 4. The molecule has 2 aromatic rings. The van der Waals surface area contributed by atoms with Gasteiger partial charge < -0.3 is 4.74 Å². The van der Waals surface area contributed by atoms with Gasteiger partial charge in [-0.05, 0) is 37.3 Å². The van der Waals surface area contributed by atoms with Crippen LogP contribution in [0.4, 0.5) is 14.5 Å².